The van der Waals surface area contributed by atoms with Crippen LogP contribution in [0.25, 0.3) is 0 Å². The molecule has 1 aliphatic heterocycles. The number of aromatic nitrogens is 1. The predicted molar refractivity (Wildman–Crippen MR) is 69.7 cm³/mol. The first-order valence-corrected chi connectivity index (χ1v) is 6.24. The van der Waals surface area contributed by atoms with Crippen LogP contribution in [0.3, 0.4) is 0 Å². The van der Waals surface area contributed by atoms with Crippen LogP contribution in [-0.2, 0) is 0 Å². The van der Waals surface area contributed by atoms with Crippen molar-refractivity contribution >= 4 is 5.82 Å². The first-order chi connectivity index (χ1) is 8.20. The molecule has 1 aliphatic rings. The fraction of sp³-hybridized carbons (Fsp3) is 0.615. The van der Waals surface area contributed by atoms with Crippen LogP contribution in [-0.4, -0.2) is 37.3 Å². The topological polar surface area (TPSA) is 37.4 Å². The molecule has 1 fully saturated rings. The monoisotopic (exact) mass is 235 g/mol. The normalized spacial score (nSPS) is 20.0. The lowest BCUT2D eigenvalue weighted by Gasteiger charge is -2.21. The van der Waals surface area contributed by atoms with Gasteiger partial charge in [-0.05, 0) is 39.4 Å². The molecule has 4 nitrogen and oxygen atoms in total. The summed E-state index contributed by atoms with van der Waals surface area (Å²) in [7, 11) is 2.01. The first kappa shape index (κ1) is 12.2. The Hall–Kier alpha value is -1.29. The van der Waals surface area contributed by atoms with Crippen molar-refractivity contribution in [1.82, 2.24) is 10.3 Å². The highest BCUT2D eigenvalue weighted by atomic mass is 16.5. The van der Waals surface area contributed by atoms with Gasteiger partial charge in [-0.25, -0.2) is 4.98 Å². The molecular weight excluding hydrogens is 214 g/mol. The van der Waals surface area contributed by atoms with Crippen LogP contribution in [0.1, 0.15) is 20.3 Å². The molecule has 0 spiro atoms. The van der Waals surface area contributed by atoms with Crippen LogP contribution in [0.4, 0.5) is 5.82 Å². The average Bonchev–Trinajstić information content (AvgIpc) is 2.77. The second-order valence-corrected chi connectivity index (χ2v) is 4.71. The molecule has 17 heavy (non-hydrogen) atoms. The van der Waals surface area contributed by atoms with Gasteiger partial charge in [0, 0.05) is 25.3 Å². The summed E-state index contributed by atoms with van der Waals surface area (Å²) in [6.45, 7) is 6.12. The summed E-state index contributed by atoms with van der Waals surface area (Å²) in [5, 5.41) is 3.31. The molecule has 1 aromatic rings. The van der Waals surface area contributed by atoms with Crippen molar-refractivity contribution in [2.75, 3.05) is 25.0 Å². The fourth-order valence-corrected chi connectivity index (χ4v) is 2.15. The Morgan fingerprint density at radius 1 is 1.53 bits per heavy atom. The lowest BCUT2D eigenvalue weighted by Crippen LogP contribution is -2.30. The standard InChI is InChI=1S/C13H21N3O/c1-10(2)17-12-5-4-7-15-13(12)16-8-6-11(9-16)14-3/h4-5,7,10-11,14H,6,8-9H2,1-3H3. The molecule has 2 heterocycles. The number of nitrogens with zero attached hydrogens (tertiary/aromatic N) is 2. The van der Waals surface area contributed by atoms with Crippen molar-refractivity contribution in [1.29, 1.82) is 0 Å². The molecule has 1 saturated heterocycles. The van der Waals surface area contributed by atoms with Crippen LogP contribution in [0.15, 0.2) is 18.3 Å². The van der Waals surface area contributed by atoms with Gasteiger partial charge in [-0.1, -0.05) is 0 Å². The molecule has 0 radical (unpaired) electrons. The lowest BCUT2D eigenvalue weighted by molar-refractivity contribution is 0.242. The lowest BCUT2D eigenvalue weighted by atomic mass is 10.3. The van der Waals surface area contributed by atoms with E-state index >= 15 is 0 Å². The largest absolute Gasteiger partial charge is 0.487 e. The quantitative estimate of drug-likeness (QED) is 0.861. The second kappa shape index (κ2) is 5.36. The SMILES string of the molecule is CNC1CCN(c2ncccc2OC(C)C)C1. The Bertz CT molecular complexity index is 367. The Morgan fingerprint density at radius 2 is 2.35 bits per heavy atom. The molecular formula is C13H21N3O. The van der Waals surface area contributed by atoms with E-state index in [9.17, 15) is 0 Å². The summed E-state index contributed by atoms with van der Waals surface area (Å²) in [4.78, 5) is 6.75. The van der Waals surface area contributed by atoms with Crippen molar-refractivity contribution in [3.05, 3.63) is 18.3 Å². The van der Waals surface area contributed by atoms with E-state index in [0.717, 1.165) is 31.1 Å². The molecule has 1 atom stereocenters. The third-order valence-electron chi connectivity index (χ3n) is 3.01. The van der Waals surface area contributed by atoms with E-state index < -0.39 is 0 Å². The molecule has 0 saturated carbocycles. The Morgan fingerprint density at radius 3 is 3.00 bits per heavy atom. The molecule has 4 heteroatoms. The number of anilines is 1. The number of pyridine rings is 1. The predicted octanol–water partition coefficient (Wildman–Crippen LogP) is 1.67. The highest BCUT2D eigenvalue weighted by molar-refractivity contribution is 5.53. The number of hydrogen-bond donors (Lipinski definition) is 1. The summed E-state index contributed by atoms with van der Waals surface area (Å²) < 4.78 is 5.80. The van der Waals surface area contributed by atoms with Crippen molar-refractivity contribution in [3.8, 4) is 5.75 Å². The van der Waals surface area contributed by atoms with Crippen LogP contribution < -0.4 is 15.0 Å². The average molecular weight is 235 g/mol. The van der Waals surface area contributed by atoms with E-state index in [-0.39, 0.29) is 6.10 Å². The third-order valence-corrected chi connectivity index (χ3v) is 3.01. The van der Waals surface area contributed by atoms with Crippen LogP contribution in [0.2, 0.25) is 0 Å². The molecule has 94 valence electrons. The van der Waals surface area contributed by atoms with Gasteiger partial charge in [0.15, 0.2) is 11.6 Å². The van der Waals surface area contributed by atoms with E-state index in [1.54, 1.807) is 0 Å². The van der Waals surface area contributed by atoms with Gasteiger partial charge in [-0.2, -0.15) is 0 Å². The van der Waals surface area contributed by atoms with Crippen LogP contribution >= 0.6 is 0 Å². The zero-order valence-corrected chi connectivity index (χ0v) is 10.8. The summed E-state index contributed by atoms with van der Waals surface area (Å²) in [5.74, 6) is 1.86. The summed E-state index contributed by atoms with van der Waals surface area (Å²) >= 11 is 0. The molecule has 2 rings (SSSR count). The summed E-state index contributed by atoms with van der Waals surface area (Å²) in [5.41, 5.74) is 0. The zero-order chi connectivity index (χ0) is 12.3. The molecule has 1 aromatic heterocycles. The van der Waals surface area contributed by atoms with E-state index in [1.807, 2.05) is 39.2 Å². The van der Waals surface area contributed by atoms with Crippen molar-refractivity contribution in [2.24, 2.45) is 0 Å². The second-order valence-electron chi connectivity index (χ2n) is 4.71. The molecule has 1 unspecified atom stereocenters. The van der Waals surface area contributed by atoms with Crippen molar-refractivity contribution < 1.29 is 4.74 Å². The minimum absolute atomic E-state index is 0.181. The Balaban J connectivity index is 2.14. The van der Waals surface area contributed by atoms with Gasteiger partial charge in [-0.15, -0.1) is 0 Å². The highest BCUT2D eigenvalue weighted by Gasteiger charge is 2.24. The van der Waals surface area contributed by atoms with Crippen LogP contribution in [0, 0.1) is 0 Å². The van der Waals surface area contributed by atoms with Crippen LogP contribution in [0.5, 0.6) is 5.75 Å². The maximum Gasteiger partial charge on any atom is 0.171 e. The van der Waals surface area contributed by atoms with Gasteiger partial charge in [0.05, 0.1) is 6.10 Å². The van der Waals surface area contributed by atoms with Gasteiger partial charge < -0.3 is 15.0 Å². The molecule has 0 bridgehead atoms. The maximum absolute atomic E-state index is 5.80. The minimum atomic E-state index is 0.181. The Labute approximate surface area is 103 Å². The van der Waals surface area contributed by atoms with E-state index in [2.05, 4.69) is 15.2 Å². The van der Waals surface area contributed by atoms with E-state index in [4.69, 9.17) is 4.74 Å². The van der Waals surface area contributed by atoms with Gasteiger partial charge in [0.2, 0.25) is 0 Å². The first-order valence-electron chi connectivity index (χ1n) is 6.24. The van der Waals surface area contributed by atoms with Crippen molar-refractivity contribution in [3.63, 3.8) is 0 Å². The highest BCUT2D eigenvalue weighted by Crippen LogP contribution is 2.28. The van der Waals surface area contributed by atoms with E-state index in [1.165, 1.54) is 0 Å². The van der Waals surface area contributed by atoms with Gasteiger partial charge in [-0.3, -0.25) is 0 Å². The Kier molecular flexibility index (Phi) is 3.84. The number of rotatable bonds is 4. The zero-order valence-electron chi connectivity index (χ0n) is 10.8. The van der Waals surface area contributed by atoms with Gasteiger partial charge in [0.25, 0.3) is 0 Å². The van der Waals surface area contributed by atoms with E-state index in [0.29, 0.717) is 6.04 Å². The number of likely N-dealkylation sites (N-methyl/N-ethyl adjacent to an activating group) is 1. The minimum Gasteiger partial charge on any atom is -0.487 e. The van der Waals surface area contributed by atoms with Crippen molar-refractivity contribution in [2.45, 2.75) is 32.4 Å². The maximum atomic E-state index is 5.80. The number of hydrogen-bond acceptors (Lipinski definition) is 4. The molecule has 0 aromatic carbocycles. The van der Waals surface area contributed by atoms with Gasteiger partial charge >= 0.3 is 0 Å². The molecule has 0 aliphatic carbocycles. The third kappa shape index (κ3) is 2.88. The smallest absolute Gasteiger partial charge is 0.171 e. The number of nitrogens with one attached hydrogen (secondary N) is 1. The summed E-state index contributed by atoms with van der Waals surface area (Å²) in [6.07, 6.45) is 3.17. The molecule has 1 N–H and O–H groups in total. The summed E-state index contributed by atoms with van der Waals surface area (Å²) in [6, 6.07) is 4.48. The van der Waals surface area contributed by atoms with Gasteiger partial charge in [0.1, 0.15) is 0 Å². The fourth-order valence-electron chi connectivity index (χ4n) is 2.15. The molecule has 0 amide bonds. The number of ether oxygens (including phenoxy) is 1.